The zero-order chi connectivity index (χ0) is 20.0. The molecule has 0 radical (unpaired) electrons. The first kappa shape index (κ1) is 19.9. The fraction of sp³-hybridized carbons (Fsp3) is 0.167. The molecule has 0 bridgehead atoms. The van der Waals surface area contributed by atoms with Crippen LogP contribution >= 0.6 is 0 Å². The molecule has 140 valence electrons. The van der Waals surface area contributed by atoms with E-state index in [2.05, 4.69) is 10.3 Å². The van der Waals surface area contributed by atoms with Crippen LogP contribution < -0.4 is 5.32 Å². The molecule has 3 N–H and O–H groups in total. The number of carbonyl (C=O) groups is 1. The van der Waals surface area contributed by atoms with Gasteiger partial charge in [0, 0.05) is 24.5 Å². The summed E-state index contributed by atoms with van der Waals surface area (Å²) in [6.07, 6.45) is -3.26. The standard InChI is InChI=1S/C18H14F3N3O3/c19-18(20,21)12-3-5-13(6-4-12)24-17(27)14(9-22)16(26)8-15(25)11-2-1-7-23-10-11/h1-7,10,15,25-26H,8H2,(H,24,27)/b16-14-. The summed E-state index contributed by atoms with van der Waals surface area (Å²) in [7, 11) is 0. The number of aliphatic hydroxyl groups is 2. The van der Waals surface area contributed by atoms with E-state index >= 15 is 0 Å². The fourth-order valence-electron chi connectivity index (χ4n) is 2.16. The second-order valence-electron chi connectivity index (χ2n) is 5.47. The maximum Gasteiger partial charge on any atom is 0.416 e. The minimum atomic E-state index is -4.51. The van der Waals surface area contributed by atoms with E-state index in [1.54, 1.807) is 12.1 Å². The number of aromatic nitrogens is 1. The molecule has 0 aliphatic carbocycles. The Balaban J connectivity index is 2.12. The van der Waals surface area contributed by atoms with E-state index in [9.17, 15) is 28.2 Å². The van der Waals surface area contributed by atoms with Crippen molar-refractivity contribution in [1.82, 2.24) is 4.98 Å². The molecule has 27 heavy (non-hydrogen) atoms. The number of nitrogens with one attached hydrogen (secondary N) is 1. The molecule has 9 heteroatoms. The molecule has 2 rings (SSSR count). The molecule has 1 amide bonds. The number of nitriles is 1. The van der Waals surface area contributed by atoms with Gasteiger partial charge >= 0.3 is 6.18 Å². The van der Waals surface area contributed by atoms with Gasteiger partial charge in [-0.2, -0.15) is 18.4 Å². The Labute approximate surface area is 152 Å². The number of hydrogen-bond donors (Lipinski definition) is 3. The lowest BCUT2D eigenvalue weighted by atomic mass is 10.0. The third-order valence-corrected chi connectivity index (χ3v) is 3.55. The molecular formula is C18H14F3N3O3. The molecule has 0 aliphatic heterocycles. The molecule has 6 nitrogen and oxygen atoms in total. The van der Waals surface area contributed by atoms with E-state index in [-0.39, 0.29) is 5.69 Å². The Morgan fingerprint density at radius 2 is 1.93 bits per heavy atom. The topological polar surface area (TPSA) is 106 Å². The van der Waals surface area contributed by atoms with Gasteiger partial charge in [-0.1, -0.05) is 6.07 Å². The molecule has 1 unspecified atom stereocenters. The Hall–Kier alpha value is -3.38. The van der Waals surface area contributed by atoms with Gasteiger partial charge in [0.05, 0.1) is 11.7 Å². The van der Waals surface area contributed by atoms with E-state index < -0.39 is 41.5 Å². The van der Waals surface area contributed by atoms with E-state index in [1.807, 2.05) is 0 Å². The van der Waals surface area contributed by atoms with Crippen molar-refractivity contribution in [2.75, 3.05) is 5.32 Å². The maximum absolute atomic E-state index is 12.5. The van der Waals surface area contributed by atoms with Crippen molar-refractivity contribution in [3.63, 3.8) is 0 Å². The van der Waals surface area contributed by atoms with Crippen LogP contribution in [0.15, 0.2) is 60.1 Å². The van der Waals surface area contributed by atoms with Gasteiger partial charge in [0.1, 0.15) is 11.8 Å². The summed E-state index contributed by atoms with van der Waals surface area (Å²) in [5.74, 6) is -1.66. The highest BCUT2D eigenvalue weighted by atomic mass is 19.4. The molecule has 0 saturated heterocycles. The molecule has 2 aromatic rings. The largest absolute Gasteiger partial charge is 0.511 e. The summed E-state index contributed by atoms with van der Waals surface area (Å²) in [6.45, 7) is 0. The van der Waals surface area contributed by atoms with Crippen LogP contribution in [0.4, 0.5) is 18.9 Å². The van der Waals surface area contributed by atoms with Gasteiger partial charge in [-0.05, 0) is 35.9 Å². The zero-order valence-electron chi connectivity index (χ0n) is 13.7. The minimum Gasteiger partial charge on any atom is -0.511 e. The number of aliphatic hydroxyl groups excluding tert-OH is 2. The Bertz CT molecular complexity index is 873. The zero-order valence-corrected chi connectivity index (χ0v) is 13.7. The Kier molecular flexibility index (Phi) is 6.15. The average Bonchev–Trinajstić information content (AvgIpc) is 2.62. The number of rotatable bonds is 5. The van der Waals surface area contributed by atoms with Crippen LogP contribution in [-0.2, 0) is 11.0 Å². The normalized spacial score (nSPS) is 13.3. The first-order chi connectivity index (χ1) is 12.7. The lowest BCUT2D eigenvalue weighted by Crippen LogP contribution is -2.16. The van der Waals surface area contributed by atoms with Crippen molar-refractivity contribution in [3.05, 3.63) is 71.3 Å². The summed E-state index contributed by atoms with van der Waals surface area (Å²) < 4.78 is 37.6. The van der Waals surface area contributed by atoms with Gasteiger partial charge in [-0.25, -0.2) is 0 Å². The van der Waals surface area contributed by atoms with E-state index in [0.29, 0.717) is 5.56 Å². The van der Waals surface area contributed by atoms with Gasteiger partial charge in [0.2, 0.25) is 0 Å². The minimum absolute atomic E-state index is 0.0151. The van der Waals surface area contributed by atoms with E-state index in [4.69, 9.17) is 5.26 Å². The fourth-order valence-corrected chi connectivity index (χ4v) is 2.16. The summed E-state index contributed by atoms with van der Waals surface area (Å²) in [4.78, 5) is 15.9. The SMILES string of the molecule is N#C/C(C(=O)Nc1ccc(C(F)(F)F)cc1)=C(/O)CC(O)c1cccnc1. The van der Waals surface area contributed by atoms with Crippen molar-refractivity contribution >= 4 is 11.6 Å². The van der Waals surface area contributed by atoms with Crippen molar-refractivity contribution in [1.29, 1.82) is 5.26 Å². The Morgan fingerprint density at radius 1 is 1.26 bits per heavy atom. The van der Waals surface area contributed by atoms with Crippen molar-refractivity contribution in [2.45, 2.75) is 18.7 Å². The molecule has 0 fully saturated rings. The van der Waals surface area contributed by atoms with Crippen LogP contribution in [0.5, 0.6) is 0 Å². The number of pyridine rings is 1. The lowest BCUT2D eigenvalue weighted by Gasteiger charge is -2.12. The van der Waals surface area contributed by atoms with Crippen LogP contribution in [0.25, 0.3) is 0 Å². The molecule has 0 spiro atoms. The molecule has 0 saturated carbocycles. The predicted octanol–water partition coefficient (Wildman–Crippen LogP) is 3.50. The highest BCUT2D eigenvalue weighted by Crippen LogP contribution is 2.30. The molecule has 1 atom stereocenters. The van der Waals surface area contributed by atoms with E-state index in [1.165, 1.54) is 18.5 Å². The van der Waals surface area contributed by atoms with Crippen LogP contribution in [0.2, 0.25) is 0 Å². The number of carbonyl (C=O) groups excluding carboxylic acids is 1. The van der Waals surface area contributed by atoms with Gasteiger partial charge in [-0.3, -0.25) is 9.78 Å². The third kappa shape index (κ3) is 5.29. The molecule has 1 aromatic heterocycles. The van der Waals surface area contributed by atoms with Crippen molar-refractivity contribution < 1.29 is 28.2 Å². The predicted molar refractivity (Wildman–Crippen MR) is 89.2 cm³/mol. The van der Waals surface area contributed by atoms with Crippen molar-refractivity contribution in [3.8, 4) is 6.07 Å². The van der Waals surface area contributed by atoms with Crippen LogP contribution in [0.3, 0.4) is 0 Å². The first-order valence-electron chi connectivity index (χ1n) is 7.61. The van der Waals surface area contributed by atoms with Gasteiger partial charge in [-0.15, -0.1) is 0 Å². The monoisotopic (exact) mass is 377 g/mol. The maximum atomic E-state index is 12.5. The summed E-state index contributed by atoms with van der Waals surface area (Å²) in [5.41, 5.74) is -1.15. The van der Waals surface area contributed by atoms with Gasteiger partial charge in [0.15, 0.2) is 5.57 Å². The van der Waals surface area contributed by atoms with Crippen LogP contribution in [0, 0.1) is 11.3 Å². The molecule has 1 heterocycles. The number of nitrogens with zero attached hydrogens (tertiary/aromatic N) is 2. The number of amides is 1. The second-order valence-corrected chi connectivity index (χ2v) is 5.47. The molecular weight excluding hydrogens is 363 g/mol. The summed E-state index contributed by atoms with van der Waals surface area (Å²) >= 11 is 0. The van der Waals surface area contributed by atoms with Gasteiger partial charge in [0.25, 0.3) is 5.91 Å². The highest BCUT2D eigenvalue weighted by Gasteiger charge is 2.30. The van der Waals surface area contributed by atoms with Crippen LogP contribution in [0.1, 0.15) is 23.7 Å². The highest BCUT2D eigenvalue weighted by molar-refractivity contribution is 6.06. The van der Waals surface area contributed by atoms with E-state index in [0.717, 1.165) is 24.3 Å². The summed E-state index contributed by atoms with van der Waals surface area (Å²) in [5, 5.41) is 31.4. The average molecular weight is 377 g/mol. The van der Waals surface area contributed by atoms with Gasteiger partial charge < -0.3 is 15.5 Å². The second kappa shape index (κ2) is 8.33. The van der Waals surface area contributed by atoms with Crippen molar-refractivity contribution in [2.24, 2.45) is 0 Å². The number of halogens is 3. The lowest BCUT2D eigenvalue weighted by molar-refractivity contribution is -0.137. The number of benzene rings is 1. The summed E-state index contributed by atoms with van der Waals surface area (Å²) in [6, 6.07) is 8.25. The third-order valence-electron chi connectivity index (χ3n) is 3.55. The molecule has 1 aromatic carbocycles. The number of alkyl halides is 3. The number of hydrogen-bond acceptors (Lipinski definition) is 5. The smallest absolute Gasteiger partial charge is 0.416 e. The number of anilines is 1. The quantitative estimate of drug-likeness (QED) is 0.420. The van der Waals surface area contributed by atoms with Crippen LogP contribution in [-0.4, -0.2) is 21.1 Å². The Morgan fingerprint density at radius 3 is 2.44 bits per heavy atom. The molecule has 0 aliphatic rings. The first-order valence-corrected chi connectivity index (χ1v) is 7.61.